The van der Waals surface area contributed by atoms with E-state index in [-0.39, 0.29) is 5.41 Å². The Bertz CT molecular complexity index is 345. The van der Waals surface area contributed by atoms with E-state index < -0.39 is 0 Å². The highest BCUT2D eigenvalue weighted by Gasteiger charge is 2.24. The van der Waals surface area contributed by atoms with Gasteiger partial charge in [0.2, 0.25) is 0 Å². The second-order valence-corrected chi connectivity index (χ2v) is 6.11. The molecule has 0 aromatic heterocycles. The maximum atomic E-state index is 3.47. The summed E-state index contributed by atoms with van der Waals surface area (Å²) in [7, 11) is 0. The molecule has 0 aliphatic carbocycles. The first-order chi connectivity index (χ1) is 7.48. The summed E-state index contributed by atoms with van der Waals surface area (Å²) in [5.74, 6) is 1.47. The molecule has 0 spiro atoms. The molecule has 1 fully saturated rings. The van der Waals surface area contributed by atoms with Crippen LogP contribution in [0, 0.1) is 5.92 Å². The Morgan fingerprint density at radius 2 is 1.69 bits per heavy atom. The third kappa shape index (κ3) is 2.30. The summed E-state index contributed by atoms with van der Waals surface area (Å²) in [6.45, 7) is 11.4. The zero-order valence-corrected chi connectivity index (χ0v) is 10.9. The summed E-state index contributed by atoms with van der Waals surface area (Å²) in [5.41, 5.74) is 3.18. The first-order valence-corrected chi connectivity index (χ1v) is 6.29. The molecule has 1 N–H and O–H groups in total. The van der Waals surface area contributed by atoms with Gasteiger partial charge in [0.1, 0.15) is 0 Å². The molecule has 1 aliphatic heterocycles. The zero-order valence-electron chi connectivity index (χ0n) is 10.9. The zero-order chi connectivity index (χ0) is 11.8. The number of nitrogens with one attached hydrogen (secondary N) is 1. The van der Waals surface area contributed by atoms with Gasteiger partial charge >= 0.3 is 0 Å². The molecule has 1 heteroatoms. The molecule has 2 unspecified atom stereocenters. The minimum absolute atomic E-state index is 0.262. The fraction of sp³-hybridized carbons (Fsp3) is 0.600. The summed E-state index contributed by atoms with van der Waals surface area (Å²) in [4.78, 5) is 0. The lowest BCUT2D eigenvalue weighted by Crippen LogP contribution is -2.12. The molecule has 1 aromatic carbocycles. The monoisotopic (exact) mass is 217 g/mol. The van der Waals surface area contributed by atoms with Gasteiger partial charge in [-0.2, -0.15) is 0 Å². The van der Waals surface area contributed by atoms with Crippen molar-refractivity contribution >= 4 is 0 Å². The smallest absolute Gasteiger partial charge is 0.00233 e. The molecule has 1 nitrogen and oxygen atoms in total. The lowest BCUT2D eigenvalue weighted by atomic mass is 9.84. The summed E-state index contributed by atoms with van der Waals surface area (Å²) in [5, 5.41) is 3.47. The van der Waals surface area contributed by atoms with Gasteiger partial charge in [0.25, 0.3) is 0 Å². The van der Waals surface area contributed by atoms with E-state index in [1.54, 1.807) is 0 Å². The van der Waals surface area contributed by atoms with Crippen molar-refractivity contribution < 1.29 is 0 Å². The molecule has 16 heavy (non-hydrogen) atoms. The summed E-state index contributed by atoms with van der Waals surface area (Å²) >= 11 is 0. The maximum absolute atomic E-state index is 3.47. The summed E-state index contributed by atoms with van der Waals surface area (Å²) < 4.78 is 0. The van der Waals surface area contributed by atoms with E-state index in [0.717, 1.165) is 19.0 Å². The van der Waals surface area contributed by atoms with Gasteiger partial charge < -0.3 is 5.32 Å². The Hall–Kier alpha value is -0.820. The van der Waals surface area contributed by atoms with Crippen LogP contribution in [-0.4, -0.2) is 13.1 Å². The molecule has 0 radical (unpaired) electrons. The summed E-state index contributed by atoms with van der Waals surface area (Å²) in [6, 6.07) is 9.21. The minimum Gasteiger partial charge on any atom is -0.316 e. The highest BCUT2D eigenvalue weighted by molar-refractivity contribution is 5.30. The lowest BCUT2D eigenvalue weighted by Gasteiger charge is -2.21. The van der Waals surface area contributed by atoms with E-state index in [4.69, 9.17) is 0 Å². The lowest BCUT2D eigenvalue weighted by molar-refractivity contribution is 0.568. The fourth-order valence-electron chi connectivity index (χ4n) is 2.49. The molecule has 1 aromatic rings. The van der Waals surface area contributed by atoms with Crippen molar-refractivity contribution in [1.29, 1.82) is 0 Å². The Labute approximate surface area is 99.3 Å². The first kappa shape index (κ1) is 11.7. The van der Waals surface area contributed by atoms with Crippen molar-refractivity contribution in [3.8, 4) is 0 Å². The molecule has 0 bridgehead atoms. The van der Waals surface area contributed by atoms with Gasteiger partial charge in [-0.05, 0) is 29.0 Å². The van der Waals surface area contributed by atoms with E-state index in [1.807, 2.05) is 0 Å². The SMILES string of the molecule is CC1CNCC1c1ccc(C(C)(C)C)cc1. The van der Waals surface area contributed by atoms with Gasteiger partial charge in [-0.25, -0.2) is 0 Å². The van der Waals surface area contributed by atoms with E-state index in [1.165, 1.54) is 11.1 Å². The van der Waals surface area contributed by atoms with Crippen LogP contribution in [0.4, 0.5) is 0 Å². The Kier molecular flexibility index (Phi) is 3.07. The highest BCUT2D eigenvalue weighted by Crippen LogP contribution is 2.29. The third-order valence-corrected chi connectivity index (χ3v) is 3.72. The van der Waals surface area contributed by atoms with Crippen LogP contribution < -0.4 is 5.32 Å². The highest BCUT2D eigenvalue weighted by atomic mass is 14.9. The van der Waals surface area contributed by atoms with Crippen molar-refractivity contribution in [2.75, 3.05) is 13.1 Å². The third-order valence-electron chi connectivity index (χ3n) is 3.72. The molecule has 1 saturated heterocycles. The molecule has 1 heterocycles. The average Bonchev–Trinajstić information content (AvgIpc) is 2.63. The van der Waals surface area contributed by atoms with E-state index in [9.17, 15) is 0 Å². The van der Waals surface area contributed by atoms with Gasteiger partial charge in [-0.1, -0.05) is 52.0 Å². The fourth-order valence-corrected chi connectivity index (χ4v) is 2.49. The van der Waals surface area contributed by atoms with Gasteiger partial charge in [-0.3, -0.25) is 0 Å². The number of benzene rings is 1. The predicted molar refractivity (Wildman–Crippen MR) is 69.9 cm³/mol. The topological polar surface area (TPSA) is 12.0 Å². The van der Waals surface area contributed by atoms with Crippen LogP contribution in [0.3, 0.4) is 0 Å². The first-order valence-electron chi connectivity index (χ1n) is 6.29. The van der Waals surface area contributed by atoms with Crippen LogP contribution in [0.25, 0.3) is 0 Å². The Balaban J connectivity index is 2.19. The van der Waals surface area contributed by atoms with Crippen molar-refractivity contribution in [2.45, 2.75) is 39.0 Å². The molecule has 2 rings (SSSR count). The second-order valence-electron chi connectivity index (χ2n) is 6.11. The largest absolute Gasteiger partial charge is 0.316 e. The van der Waals surface area contributed by atoms with Crippen LogP contribution in [0.1, 0.15) is 44.7 Å². The van der Waals surface area contributed by atoms with Gasteiger partial charge in [0.05, 0.1) is 0 Å². The summed E-state index contributed by atoms with van der Waals surface area (Å²) in [6.07, 6.45) is 0. The van der Waals surface area contributed by atoms with Crippen molar-refractivity contribution in [2.24, 2.45) is 5.92 Å². The average molecular weight is 217 g/mol. The standard InChI is InChI=1S/C15H23N/c1-11-9-16-10-14(11)12-5-7-13(8-6-12)15(2,3)4/h5-8,11,14,16H,9-10H2,1-4H3. The Morgan fingerprint density at radius 3 is 2.12 bits per heavy atom. The van der Waals surface area contributed by atoms with Crippen molar-refractivity contribution in [1.82, 2.24) is 5.32 Å². The normalized spacial score (nSPS) is 26.0. The quantitative estimate of drug-likeness (QED) is 0.761. The van der Waals surface area contributed by atoms with E-state index in [2.05, 4.69) is 57.3 Å². The number of rotatable bonds is 1. The van der Waals surface area contributed by atoms with Gasteiger partial charge in [0, 0.05) is 12.5 Å². The maximum Gasteiger partial charge on any atom is 0.00233 e. The molecule has 0 amide bonds. The molecule has 1 aliphatic rings. The van der Waals surface area contributed by atoms with E-state index >= 15 is 0 Å². The Morgan fingerprint density at radius 1 is 1.06 bits per heavy atom. The van der Waals surface area contributed by atoms with Crippen LogP contribution in [-0.2, 0) is 5.41 Å². The molecular formula is C15H23N. The van der Waals surface area contributed by atoms with Gasteiger partial charge in [-0.15, -0.1) is 0 Å². The van der Waals surface area contributed by atoms with Gasteiger partial charge in [0.15, 0.2) is 0 Å². The van der Waals surface area contributed by atoms with Crippen LogP contribution in [0.5, 0.6) is 0 Å². The number of hydrogen-bond donors (Lipinski definition) is 1. The number of hydrogen-bond acceptors (Lipinski definition) is 1. The second kappa shape index (κ2) is 4.21. The van der Waals surface area contributed by atoms with Crippen molar-refractivity contribution in [3.05, 3.63) is 35.4 Å². The van der Waals surface area contributed by atoms with Crippen LogP contribution >= 0.6 is 0 Å². The molecular weight excluding hydrogens is 194 g/mol. The molecule has 88 valence electrons. The van der Waals surface area contributed by atoms with Crippen LogP contribution in [0.2, 0.25) is 0 Å². The minimum atomic E-state index is 0.262. The molecule has 0 saturated carbocycles. The van der Waals surface area contributed by atoms with Crippen molar-refractivity contribution in [3.63, 3.8) is 0 Å². The molecule has 2 atom stereocenters. The predicted octanol–water partition coefficient (Wildman–Crippen LogP) is 3.31. The van der Waals surface area contributed by atoms with Crippen LogP contribution in [0.15, 0.2) is 24.3 Å². The van der Waals surface area contributed by atoms with E-state index in [0.29, 0.717) is 5.92 Å².